The summed E-state index contributed by atoms with van der Waals surface area (Å²) in [5.41, 5.74) is 0.334. The van der Waals surface area contributed by atoms with Crippen molar-refractivity contribution in [3.05, 3.63) is 35.4 Å². The molecule has 0 aliphatic carbocycles. The molecule has 0 radical (unpaired) electrons. The minimum Gasteiger partial charge on any atom is -0.381 e. The predicted molar refractivity (Wildman–Crippen MR) is 71.1 cm³/mol. The molecule has 1 aliphatic heterocycles. The van der Waals surface area contributed by atoms with Gasteiger partial charge in [-0.3, -0.25) is 4.79 Å². The topological polar surface area (TPSA) is 38.3 Å². The van der Waals surface area contributed by atoms with Crippen LogP contribution in [-0.2, 0) is 9.53 Å². The van der Waals surface area contributed by atoms with Crippen molar-refractivity contribution in [2.75, 3.05) is 13.2 Å². The summed E-state index contributed by atoms with van der Waals surface area (Å²) in [6, 6.07) is 3.04. The van der Waals surface area contributed by atoms with Gasteiger partial charge in [0, 0.05) is 18.2 Å². The average Bonchev–Trinajstić information content (AvgIpc) is 2.92. The van der Waals surface area contributed by atoms with E-state index in [2.05, 4.69) is 5.32 Å². The minimum atomic E-state index is -0.619. The Kier molecular flexibility index (Phi) is 5.06. The zero-order chi connectivity index (χ0) is 14.5. The van der Waals surface area contributed by atoms with Crippen molar-refractivity contribution in [2.45, 2.75) is 32.2 Å². The van der Waals surface area contributed by atoms with Crippen LogP contribution in [0.15, 0.2) is 18.2 Å². The van der Waals surface area contributed by atoms with Crippen molar-refractivity contribution in [2.24, 2.45) is 5.92 Å². The average molecular weight is 283 g/mol. The Labute approximate surface area is 117 Å². The van der Waals surface area contributed by atoms with Crippen molar-refractivity contribution in [3.8, 4) is 0 Å². The number of carbonyl (C=O) groups excluding carboxylic acids is 1. The molecule has 1 heterocycles. The maximum atomic E-state index is 13.8. The van der Waals surface area contributed by atoms with Crippen LogP contribution in [0.3, 0.4) is 0 Å². The molecule has 0 unspecified atom stereocenters. The number of hydrogen-bond donors (Lipinski definition) is 1. The van der Waals surface area contributed by atoms with E-state index in [1.807, 2.05) is 6.92 Å². The summed E-state index contributed by atoms with van der Waals surface area (Å²) in [4.78, 5) is 12.1. The monoisotopic (exact) mass is 283 g/mol. The lowest BCUT2D eigenvalue weighted by Gasteiger charge is -2.21. The first kappa shape index (κ1) is 14.9. The van der Waals surface area contributed by atoms with Gasteiger partial charge in [-0.05, 0) is 18.9 Å². The first-order chi connectivity index (χ1) is 9.61. The SMILES string of the molecule is CCC[C@@H](NC(=O)[C@@H]1CCOC1)c1ccc(F)cc1F. The largest absolute Gasteiger partial charge is 0.381 e. The summed E-state index contributed by atoms with van der Waals surface area (Å²) in [5.74, 6) is -1.52. The molecule has 0 aromatic heterocycles. The van der Waals surface area contributed by atoms with E-state index >= 15 is 0 Å². The molecule has 1 saturated heterocycles. The Morgan fingerprint density at radius 2 is 2.30 bits per heavy atom. The maximum absolute atomic E-state index is 13.8. The van der Waals surface area contributed by atoms with Gasteiger partial charge in [0.15, 0.2) is 0 Å². The van der Waals surface area contributed by atoms with Gasteiger partial charge in [-0.15, -0.1) is 0 Å². The molecule has 2 rings (SSSR count). The predicted octanol–water partition coefficient (Wildman–Crippen LogP) is 2.96. The third-order valence-corrected chi connectivity index (χ3v) is 3.53. The van der Waals surface area contributed by atoms with E-state index < -0.39 is 17.7 Å². The Balaban J connectivity index is 2.11. The van der Waals surface area contributed by atoms with Crippen LogP contribution in [0, 0.1) is 17.6 Å². The Morgan fingerprint density at radius 3 is 2.90 bits per heavy atom. The Hall–Kier alpha value is -1.49. The second-order valence-corrected chi connectivity index (χ2v) is 5.08. The number of ether oxygens (including phenoxy) is 1. The molecule has 110 valence electrons. The molecule has 1 aromatic rings. The fourth-order valence-electron chi connectivity index (χ4n) is 2.41. The summed E-state index contributed by atoms with van der Waals surface area (Å²) in [7, 11) is 0. The normalized spacial score (nSPS) is 19.9. The maximum Gasteiger partial charge on any atom is 0.226 e. The standard InChI is InChI=1S/C15H19F2NO2/c1-2-3-14(12-5-4-11(16)8-13(12)17)18-15(19)10-6-7-20-9-10/h4-5,8,10,14H,2-3,6-7,9H2,1H3,(H,18,19)/t10-,14-/m1/s1. The summed E-state index contributed by atoms with van der Waals surface area (Å²) >= 11 is 0. The molecule has 1 aromatic carbocycles. The van der Waals surface area contributed by atoms with Gasteiger partial charge in [0.2, 0.25) is 5.91 Å². The molecule has 1 fully saturated rings. The second-order valence-electron chi connectivity index (χ2n) is 5.08. The highest BCUT2D eigenvalue weighted by atomic mass is 19.1. The Morgan fingerprint density at radius 1 is 1.50 bits per heavy atom. The third-order valence-electron chi connectivity index (χ3n) is 3.53. The highest BCUT2D eigenvalue weighted by Gasteiger charge is 2.26. The zero-order valence-corrected chi connectivity index (χ0v) is 11.5. The van der Waals surface area contributed by atoms with Crippen molar-refractivity contribution in [1.82, 2.24) is 5.32 Å². The molecule has 0 spiro atoms. The van der Waals surface area contributed by atoms with E-state index in [9.17, 15) is 13.6 Å². The van der Waals surface area contributed by atoms with Gasteiger partial charge in [0.1, 0.15) is 11.6 Å². The molecule has 20 heavy (non-hydrogen) atoms. The van der Waals surface area contributed by atoms with E-state index in [-0.39, 0.29) is 11.8 Å². The number of nitrogens with one attached hydrogen (secondary N) is 1. The van der Waals surface area contributed by atoms with Crippen molar-refractivity contribution >= 4 is 5.91 Å². The summed E-state index contributed by atoms with van der Waals surface area (Å²) in [6.45, 7) is 2.96. The van der Waals surface area contributed by atoms with Crippen LogP contribution in [0.2, 0.25) is 0 Å². The quantitative estimate of drug-likeness (QED) is 0.902. The molecule has 0 saturated carbocycles. The fraction of sp³-hybridized carbons (Fsp3) is 0.533. The van der Waals surface area contributed by atoms with Crippen LogP contribution in [0.25, 0.3) is 0 Å². The fourth-order valence-corrected chi connectivity index (χ4v) is 2.41. The molecular weight excluding hydrogens is 264 g/mol. The van der Waals surface area contributed by atoms with Crippen LogP contribution >= 0.6 is 0 Å². The zero-order valence-electron chi connectivity index (χ0n) is 11.5. The van der Waals surface area contributed by atoms with Gasteiger partial charge in [-0.1, -0.05) is 19.4 Å². The first-order valence-corrected chi connectivity index (χ1v) is 6.95. The van der Waals surface area contributed by atoms with Crippen LogP contribution in [0.4, 0.5) is 8.78 Å². The molecule has 2 atom stereocenters. The van der Waals surface area contributed by atoms with Crippen LogP contribution in [0.5, 0.6) is 0 Å². The number of halogens is 2. The van der Waals surface area contributed by atoms with Crippen molar-refractivity contribution < 1.29 is 18.3 Å². The number of carbonyl (C=O) groups is 1. The van der Waals surface area contributed by atoms with Gasteiger partial charge in [0.05, 0.1) is 18.6 Å². The first-order valence-electron chi connectivity index (χ1n) is 6.95. The number of rotatable bonds is 5. The molecular formula is C15H19F2NO2. The van der Waals surface area contributed by atoms with Crippen LogP contribution in [-0.4, -0.2) is 19.1 Å². The van der Waals surface area contributed by atoms with E-state index in [1.165, 1.54) is 12.1 Å². The number of benzene rings is 1. The van der Waals surface area contributed by atoms with Crippen LogP contribution < -0.4 is 5.32 Å². The third kappa shape index (κ3) is 3.54. The molecule has 5 heteroatoms. The van der Waals surface area contributed by atoms with Gasteiger partial charge >= 0.3 is 0 Å². The van der Waals surface area contributed by atoms with E-state index in [4.69, 9.17) is 4.74 Å². The van der Waals surface area contributed by atoms with E-state index in [1.54, 1.807) is 0 Å². The number of amides is 1. The van der Waals surface area contributed by atoms with Crippen molar-refractivity contribution in [3.63, 3.8) is 0 Å². The van der Waals surface area contributed by atoms with Gasteiger partial charge in [-0.25, -0.2) is 8.78 Å². The highest BCUT2D eigenvalue weighted by Crippen LogP contribution is 2.24. The van der Waals surface area contributed by atoms with Gasteiger partial charge < -0.3 is 10.1 Å². The summed E-state index contributed by atoms with van der Waals surface area (Å²) in [6.07, 6.45) is 2.10. The molecule has 1 N–H and O–H groups in total. The number of hydrogen-bond acceptors (Lipinski definition) is 2. The molecule has 3 nitrogen and oxygen atoms in total. The second kappa shape index (κ2) is 6.79. The smallest absolute Gasteiger partial charge is 0.226 e. The molecule has 1 aliphatic rings. The minimum absolute atomic E-state index is 0.121. The highest BCUT2D eigenvalue weighted by molar-refractivity contribution is 5.79. The molecule has 0 bridgehead atoms. The lowest BCUT2D eigenvalue weighted by atomic mass is 10.00. The van der Waals surface area contributed by atoms with E-state index in [0.29, 0.717) is 31.6 Å². The van der Waals surface area contributed by atoms with Crippen LogP contribution in [0.1, 0.15) is 37.8 Å². The lowest BCUT2D eigenvalue weighted by molar-refractivity contribution is -0.125. The summed E-state index contributed by atoms with van der Waals surface area (Å²) < 4.78 is 32.0. The molecule has 1 amide bonds. The van der Waals surface area contributed by atoms with Crippen molar-refractivity contribution in [1.29, 1.82) is 0 Å². The summed E-state index contributed by atoms with van der Waals surface area (Å²) in [5, 5.41) is 2.86. The lowest BCUT2D eigenvalue weighted by Crippen LogP contribution is -2.34. The van der Waals surface area contributed by atoms with Gasteiger partial charge in [0.25, 0.3) is 0 Å². The van der Waals surface area contributed by atoms with E-state index in [0.717, 1.165) is 12.5 Å². The Bertz CT molecular complexity index is 473. The van der Waals surface area contributed by atoms with Gasteiger partial charge in [-0.2, -0.15) is 0 Å².